The second-order valence-corrected chi connectivity index (χ2v) is 6.03. The molecule has 0 radical (unpaired) electrons. The van der Waals surface area contributed by atoms with E-state index in [0.29, 0.717) is 12.1 Å². The molecule has 2 aromatic carbocycles. The maximum Gasteiger partial charge on any atom is 0.268 e. The van der Waals surface area contributed by atoms with Crippen LogP contribution >= 0.6 is 0 Å². The molecule has 1 aliphatic rings. The summed E-state index contributed by atoms with van der Waals surface area (Å²) in [5.74, 6) is 0.550. The maximum atomic E-state index is 12.4. The van der Waals surface area contributed by atoms with E-state index in [1.54, 1.807) is 6.33 Å². The van der Waals surface area contributed by atoms with E-state index in [4.69, 9.17) is 4.84 Å². The Balaban J connectivity index is 1.39. The minimum atomic E-state index is -0.622. The Bertz CT molecular complexity index is 948. The molecule has 1 atom stereocenters. The Labute approximate surface area is 150 Å². The van der Waals surface area contributed by atoms with E-state index in [9.17, 15) is 4.79 Å². The van der Waals surface area contributed by atoms with Gasteiger partial charge in [-0.1, -0.05) is 35.5 Å². The summed E-state index contributed by atoms with van der Waals surface area (Å²) < 4.78 is 1.84. The van der Waals surface area contributed by atoms with Crippen molar-refractivity contribution in [2.45, 2.75) is 12.5 Å². The van der Waals surface area contributed by atoms with Crippen molar-refractivity contribution in [3.63, 3.8) is 0 Å². The number of oxime groups is 1. The molecule has 0 aliphatic carbocycles. The van der Waals surface area contributed by atoms with Gasteiger partial charge in [-0.05, 0) is 29.8 Å². The molecule has 1 amide bonds. The Kier molecular flexibility index (Phi) is 4.18. The van der Waals surface area contributed by atoms with Gasteiger partial charge in [-0.25, -0.2) is 0 Å². The zero-order valence-corrected chi connectivity index (χ0v) is 14.2. The van der Waals surface area contributed by atoms with Crippen LogP contribution in [0.3, 0.4) is 0 Å². The van der Waals surface area contributed by atoms with E-state index in [1.165, 1.54) is 0 Å². The smallest absolute Gasteiger partial charge is 0.268 e. The average Bonchev–Trinajstić information content (AvgIpc) is 3.32. The zero-order valence-electron chi connectivity index (χ0n) is 14.2. The van der Waals surface area contributed by atoms with Crippen molar-refractivity contribution >= 4 is 17.3 Å². The molecular formula is C19H17N5O2. The van der Waals surface area contributed by atoms with Crippen molar-refractivity contribution in [1.29, 1.82) is 0 Å². The number of nitrogens with one attached hydrogen (secondary N) is 1. The van der Waals surface area contributed by atoms with Crippen molar-refractivity contribution in [3.05, 3.63) is 66.5 Å². The van der Waals surface area contributed by atoms with Crippen LogP contribution in [0.4, 0.5) is 5.69 Å². The van der Waals surface area contributed by atoms with Crippen LogP contribution in [0.15, 0.2) is 66.1 Å². The monoisotopic (exact) mass is 347 g/mol. The first kappa shape index (κ1) is 16.0. The Morgan fingerprint density at radius 1 is 1.12 bits per heavy atom. The number of hydrogen-bond donors (Lipinski definition) is 1. The Morgan fingerprint density at radius 3 is 2.58 bits per heavy atom. The molecule has 0 saturated carbocycles. The van der Waals surface area contributed by atoms with Crippen LogP contribution in [0, 0.1) is 0 Å². The number of aromatic nitrogens is 3. The lowest BCUT2D eigenvalue weighted by Crippen LogP contribution is -2.28. The number of benzene rings is 2. The lowest BCUT2D eigenvalue weighted by Gasteiger charge is -2.10. The van der Waals surface area contributed by atoms with Gasteiger partial charge in [0.15, 0.2) is 5.82 Å². The fraction of sp³-hybridized carbons (Fsp3) is 0.158. The summed E-state index contributed by atoms with van der Waals surface area (Å²) in [5.41, 5.74) is 3.37. The van der Waals surface area contributed by atoms with Crippen molar-refractivity contribution in [2.24, 2.45) is 12.2 Å². The summed E-state index contributed by atoms with van der Waals surface area (Å²) in [4.78, 5) is 17.7. The van der Waals surface area contributed by atoms with E-state index >= 15 is 0 Å². The number of carbonyl (C=O) groups is 1. The van der Waals surface area contributed by atoms with E-state index in [1.807, 2.05) is 66.2 Å². The third-order valence-corrected chi connectivity index (χ3v) is 4.19. The number of nitrogens with zero attached hydrogens (tertiary/aromatic N) is 4. The molecule has 0 bridgehead atoms. The predicted octanol–water partition coefficient (Wildman–Crippen LogP) is 2.61. The first-order chi connectivity index (χ1) is 12.7. The van der Waals surface area contributed by atoms with Gasteiger partial charge >= 0.3 is 0 Å². The van der Waals surface area contributed by atoms with Gasteiger partial charge in [0.2, 0.25) is 6.10 Å². The average molecular weight is 347 g/mol. The quantitative estimate of drug-likeness (QED) is 0.786. The first-order valence-corrected chi connectivity index (χ1v) is 8.24. The summed E-state index contributed by atoms with van der Waals surface area (Å²) in [5, 5.41) is 14.8. The highest BCUT2D eigenvalue weighted by atomic mass is 16.6. The number of rotatable bonds is 4. The molecule has 26 heavy (non-hydrogen) atoms. The molecule has 1 N–H and O–H groups in total. The molecule has 3 aromatic rings. The van der Waals surface area contributed by atoms with Crippen molar-refractivity contribution < 1.29 is 9.63 Å². The van der Waals surface area contributed by atoms with Crippen molar-refractivity contribution in [2.75, 3.05) is 5.32 Å². The van der Waals surface area contributed by atoms with Crippen LogP contribution in [-0.2, 0) is 16.7 Å². The fourth-order valence-electron chi connectivity index (χ4n) is 2.79. The molecule has 0 fully saturated rings. The molecule has 0 unspecified atom stereocenters. The number of carbonyl (C=O) groups excluding carboxylic acids is 1. The highest BCUT2D eigenvalue weighted by Crippen LogP contribution is 2.21. The van der Waals surface area contributed by atoms with Gasteiger partial charge in [-0.2, -0.15) is 0 Å². The van der Waals surface area contributed by atoms with Crippen LogP contribution in [0.5, 0.6) is 0 Å². The highest BCUT2D eigenvalue weighted by Gasteiger charge is 2.28. The van der Waals surface area contributed by atoms with Gasteiger partial charge in [-0.3, -0.25) is 4.79 Å². The fourth-order valence-corrected chi connectivity index (χ4v) is 2.79. The van der Waals surface area contributed by atoms with Gasteiger partial charge < -0.3 is 14.7 Å². The van der Waals surface area contributed by atoms with Crippen LogP contribution in [0.25, 0.3) is 11.4 Å². The molecule has 4 rings (SSSR count). The third kappa shape index (κ3) is 3.19. The van der Waals surface area contributed by atoms with Crippen LogP contribution < -0.4 is 5.32 Å². The standard InChI is InChI=1S/C19H17N5O2/c1-24-12-20-22-18(24)14-7-9-15(10-8-14)21-19(25)17-11-16(23-26-17)13-5-3-2-4-6-13/h2-10,12,17H,11H2,1H3,(H,21,25)/t17-/m1/s1. The summed E-state index contributed by atoms with van der Waals surface area (Å²) in [6.45, 7) is 0. The SMILES string of the molecule is Cn1cnnc1-c1ccc(NC(=O)[C@H]2CC(c3ccccc3)=NO2)cc1. The van der Waals surface area contributed by atoms with Gasteiger partial charge in [0.25, 0.3) is 5.91 Å². The molecule has 7 nitrogen and oxygen atoms in total. The predicted molar refractivity (Wildman–Crippen MR) is 97.5 cm³/mol. The van der Waals surface area contributed by atoms with E-state index in [2.05, 4.69) is 20.7 Å². The Morgan fingerprint density at radius 2 is 1.88 bits per heavy atom. The third-order valence-electron chi connectivity index (χ3n) is 4.19. The molecule has 1 aliphatic heterocycles. The maximum absolute atomic E-state index is 12.4. The van der Waals surface area contributed by atoms with E-state index < -0.39 is 6.10 Å². The number of hydrogen-bond acceptors (Lipinski definition) is 5. The topological polar surface area (TPSA) is 81.4 Å². The summed E-state index contributed by atoms with van der Waals surface area (Å²) >= 11 is 0. The van der Waals surface area contributed by atoms with E-state index in [-0.39, 0.29) is 5.91 Å². The van der Waals surface area contributed by atoms with Crippen LogP contribution in [-0.4, -0.2) is 32.5 Å². The van der Waals surface area contributed by atoms with Gasteiger partial charge in [0.05, 0.1) is 5.71 Å². The van der Waals surface area contributed by atoms with Crippen LogP contribution in [0.1, 0.15) is 12.0 Å². The lowest BCUT2D eigenvalue weighted by atomic mass is 10.0. The number of anilines is 1. The minimum absolute atomic E-state index is 0.217. The Hall–Kier alpha value is -3.48. The second-order valence-electron chi connectivity index (χ2n) is 6.03. The molecule has 130 valence electrons. The highest BCUT2D eigenvalue weighted by molar-refractivity contribution is 6.06. The molecule has 0 saturated heterocycles. The number of amides is 1. The molecule has 1 aromatic heterocycles. The largest absolute Gasteiger partial charge is 0.382 e. The van der Waals surface area contributed by atoms with Gasteiger partial charge in [-0.15, -0.1) is 10.2 Å². The molecule has 0 spiro atoms. The molecule has 2 heterocycles. The second kappa shape index (κ2) is 6.79. The normalized spacial score (nSPS) is 16.0. The summed E-state index contributed by atoms with van der Waals surface area (Å²) in [7, 11) is 1.88. The summed E-state index contributed by atoms with van der Waals surface area (Å²) in [6.07, 6.45) is 1.48. The van der Waals surface area contributed by atoms with Crippen molar-refractivity contribution in [1.82, 2.24) is 14.8 Å². The first-order valence-electron chi connectivity index (χ1n) is 8.24. The van der Waals surface area contributed by atoms with E-state index in [0.717, 1.165) is 22.7 Å². The van der Waals surface area contributed by atoms with Gasteiger partial charge in [0.1, 0.15) is 6.33 Å². The summed E-state index contributed by atoms with van der Waals surface area (Å²) in [6, 6.07) is 17.2. The number of aryl methyl sites for hydroxylation is 1. The van der Waals surface area contributed by atoms with Crippen molar-refractivity contribution in [3.8, 4) is 11.4 Å². The minimum Gasteiger partial charge on any atom is -0.382 e. The van der Waals surface area contributed by atoms with Gasteiger partial charge in [0, 0.05) is 24.7 Å². The zero-order chi connectivity index (χ0) is 17.9. The lowest BCUT2D eigenvalue weighted by molar-refractivity contribution is -0.125. The van der Waals surface area contributed by atoms with Crippen LogP contribution in [0.2, 0.25) is 0 Å². The molecule has 7 heteroatoms. The molecular weight excluding hydrogens is 330 g/mol.